The Kier molecular flexibility index (Phi) is 4.30. The van der Waals surface area contributed by atoms with Crippen molar-refractivity contribution in [1.29, 1.82) is 0 Å². The van der Waals surface area contributed by atoms with Gasteiger partial charge in [-0.3, -0.25) is 0 Å². The van der Waals surface area contributed by atoms with Crippen molar-refractivity contribution in [3.8, 4) is 5.75 Å². The van der Waals surface area contributed by atoms with Crippen LogP contribution in [0.4, 0.5) is 4.39 Å². The van der Waals surface area contributed by atoms with Gasteiger partial charge in [-0.15, -0.1) is 0 Å². The van der Waals surface area contributed by atoms with Crippen LogP contribution in [-0.4, -0.2) is 18.6 Å². The Labute approximate surface area is 146 Å². The van der Waals surface area contributed by atoms with Crippen LogP contribution in [0.15, 0.2) is 53.5 Å². The van der Waals surface area contributed by atoms with Gasteiger partial charge in [0.1, 0.15) is 11.6 Å². The average Bonchev–Trinajstić information content (AvgIpc) is 2.59. The third kappa shape index (κ3) is 3.45. The van der Waals surface area contributed by atoms with Gasteiger partial charge < -0.3 is 15.8 Å². The van der Waals surface area contributed by atoms with Gasteiger partial charge in [-0.1, -0.05) is 30.3 Å². The van der Waals surface area contributed by atoms with Crippen LogP contribution in [0.2, 0.25) is 0 Å². The fraction of sp³-hybridized carbons (Fsp3) is 0.350. The fourth-order valence-corrected chi connectivity index (χ4v) is 3.61. The normalized spacial score (nSPS) is 25.5. The number of fused-ring (bicyclic) bond motifs is 1. The summed E-state index contributed by atoms with van der Waals surface area (Å²) in [5.41, 5.74) is 8.41. The molecule has 0 spiro atoms. The van der Waals surface area contributed by atoms with Crippen LogP contribution in [0.3, 0.4) is 0 Å². The number of nitrogens with zero attached hydrogens (tertiary/aromatic N) is 1. The lowest BCUT2D eigenvalue weighted by atomic mass is 9.76. The molecule has 0 aromatic heterocycles. The second-order valence-electron chi connectivity index (χ2n) is 6.77. The average molecular weight is 339 g/mol. The first kappa shape index (κ1) is 15.9. The number of aliphatic imine (C=N–C) groups is 1. The van der Waals surface area contributed by atoms with Crippen LogP contribution >= 0.6 is 0 Å². The number of guanidine groups is 1. The molecule has 4 rings (SSSR count). The van der Waals surface area contributed by atoms with Gasteiger partial charge in [-0.05, 0) is 42.5 Å². The highest BCUT2D eigenvalue weighted by atomic mass is 19.1. The van der Waals surface area contributed by atoms with Gasteiger partial charge in [-0.25, -0.2) is 9.38 Å². The van der Waals surface area contributed by atoms with E-state index >= 15 is 0 Å². The van der Waals surface area contributed by atoms with E-state index in [1.807, 2.05) is 36.4 Å². The minimum absolute atomic E-state index is 0.0467. The molecule has 1 aliphatic carbocycles. The summed E-state index contributed by atoms with van der Waals surface area (Å²) >= 11 is 0. The van der Waals surface area contributed by atoms with E-state index in [2.05, 4.69) is 10.3 Å². The summed E-state index contributed by atoms with van der Waals surface area (Å²) in [5, 5.41) is 3.32. The number of benzene rings is 2. The molecule has 2 aromatic carbocycles. The van der Waals surface area contributed by atoms with E-state index in [4.69, 9.17) is 10.5 Å². The second-order valence-corrected chi connectivity index (χ2v) is 6.77. The molecule has 5 heteroatoms. The van der Waals surface area contributed by atoms with Crippen LogP contribution in [0.1, 0.15) is 42.3 Å². The SMILES string of the molecule is NC(=NC1CCOc2ccccc21)NC1CC(c2ccc(F)cc2)C1. The van der Waals surface area contributed by atoms with E-state index in [1.54, 1.807) is 0 Å². The van der Waals surface area contributed by atoms with Gasteiger partial charge in [0.15, 0.2) is 5.96 Å². The monoisotopic (exact) mass is 339 g/mol. The minimum atomic E-state index is -0.189. The van der Waals surface area contributed by atoms with E-state index in [0.717, 1.165) is 30.6 Å². The van der Waals surface area contributed by atoms with Gasteiger partial charge in [-0.2, -0.15) is 0 Å². The Morgan fingerprint density at radius 2 is 1.88 bits per heavy atom. The quantitative estimate of drug-likeness (QED) is 0.665. The number of para-hydroxylation sites is 1. The van der Waals surface area contributed by atoms with Crippen molar-refractivity contribution in [3.63, 3.8) is 0 Å². The maximum atomic E-state index is 13.0. The van der Waals surface area contributed by atoms with E-state index in [1.165, 1.54) is 17.7 Å². The Balaban J connectivity index is 1.35. The summed E-state index contributed by atoms with van der Waals surface area (Å²) in [5.74, 6) is 1.67. The third-order valence-electron chi connectivity index (χ3n) is 5.05. The van der Waals surface area contributed by atoms with Crippen LogP contribution in [0, 0.1) is 5.82 Å². The van der Waals surface area contributed by atoms with E-state index in [-0.39, 0.29) is 11.9 Å². The molecular formula is C20H22FN3O. The highest BCUT2D eigenvalue weighted by Crippen LogP contribution is 2.37. The topological polar surface area (TPSA) is 59.6 Å². The van der Waals surface area contributed by atoms with Crippen LogP contribution < -0.4 is 15.8 Å². The molecule has 0 bridgehead atoms. The van der Waals surface area contributed by atoms with Gasteiger partial charge in [0, 0.05) is 18.0 Å². The molecule has 2 aliphatic rings. The predicted molar refractivity (Wildman–Crippen MR) is 96.2 cm³/mol. The number of nitrogens with one attached hydrogen (secondary N) is 1. The summed E-state index contributed by atoms with van der Waals surface area (Å²) in [6.07, 6.45) is 2.82. The van der Waals surface area contributed by atoms with Gasteiger partial charge in [0.2, 0.25) is 0 Å². The van der Waals surface area contributed by atoms with Crippen molar-refractivity contribution in [1.82, 2.24) is 5.32 Å². The largest absolute Gasteiger partial charge is 0.493 e. The Morgan fingerprint density at radius 1 is 1.12 bits per heavy atom. The fourth-order valence-electron chi connectivity index (χ4n) is 3.61. The van der Waals surface area contributed by atoms with Crippen LogP contribution in [-0.2, 0) is 0 Å². The molecular weight excluding hydrogens is 317 g/mol. The Morgan fingerprint density at radius 3 is 2.68 bits per heavy atom. The van der Waals surface area contributed by atoms with Crippen molar-refractivity contribution in [3.05, 3.63) is 65.5 Å². The zero-order chi connectivity index (χ0) is 17.2. The van der Waals surface area contributed by atoms with Crippen molar-refractivity contribution in [2.45, 2.75) is 37.3 Å². The first-order valence-corrected chi connectivity index (χ1v) is 8.76. The molecule has 4 nitrogen and oxygen atoms in total. The molecule has 25 heavy (non-hydrogen) atoms. The summed E-state index contributed by atoms with van der Waals surface area (Å²) in [6.45, 7) is 0.661. The number of hydrogen-bond acceptors (Lipinski definition) is 2. The molecule has 2 aromatic rings. The summed E-state index contributed by atoms with van der Waals surface area (Å²) in [4.78, 5) is 4.66. The van der Waals surface area contributed by atoms with Crippen molar-refractivity contribution in [2.24, 2.45) is 10.7 Å². The van der Waals surface area contributed by atoms with Gasteiger partial charge >= 0.3 is 0 Å². The third-order valence-corrected chi connectivity index (χ3v) is 5.05. The van der Waals surface area contributed by atoms with E-state index < -0.39 is 0 Å². The summed E-state index contributed by atoms with van der Waals surface area (Å²) < 4.78 is 18.7. The molecule has 1 fully saturated rings. The van der Waals surface area contributed by atoms with Crippen LogP contribution in [0.25, 0.3) is 0 Å². The molecule has 1 aliphatic heterocycles. The highest BCUT2D eigenvalue weighted by molar-refractivity contribution is 5.78. The molecule has 0 saturated heterocycles. The summed E-state index contributed by atoms with van der Waals surface area (Å²) in [7, 11) is 0. The molecule has 3 N–H and O–H groups in total. The molecule has 0 radical (unpaired) electrons. The van der Waals surface area contributed by atoms with Gasteiger partial charge in [0.25, 0.3) is 0 Å². The first-order chi connectivity index (χ1) is 12.2. The lowest BCUT2D eigenvalue weighted by molar-refractivity contribution is 0.269. The lowest BCUT2D eigenvalue weighted by Crippen LogP contribution is -2.46. The Hall–Kier alpha value is -2.56. The number of nitrogens with two attached hydrogens (primary N) is 1. The maximum absolute atomic E-state index is 13.0. The molecule has 1 heterocycles. The number of halogens is 1. The minimum Gasteiger partial charge on any atom is -0.493 e. The zero-order valence-corrected chi connectivity index (χ0v) is 14.0. The lowest BCUT2D eigenvalue weighted by Gasteiger charge is -2.36. The molecule has 1 saturated carbocycles. The van der Waals surface area contributed by atoms with Crippen LogP contribution in [0.5, 0.6) is 5.75 Å². The second kappa shape index (κ2) is 6.75. The predicted octanol–water partition coefficient (Wildman–Crippen LogP) is 3.50. The molecule has 1 unspecified atom stereocenters. The molecule has 0 amide bonds. The standard InChI is InChI=1S/C20H22FN3O/c21-15-7-5-13(6-8-15)14-11-16(12-14)23-20(22)24-18-9-10-25-19-4-2-1-3-17(18)19/h1-8,14,16,18H,9-12H2,(H3,22,23,24). The number of ether oxygens (including phenoxy) is 1. The van der Waals surface area contributed by atoms with Crippen molar-refractivity contribution < 1.29 is 9.13 Å². The summed E-state index contributed by atoms with van der Waals surface area (Å²) in [6, 6.07) is 15.1. The van der Waals surface area contributed by atoms with Gasteiger partial charge in [0.05, 0.1) is 12.6 Å². The number of rotatable bonds is 3. The number of hydrogen-bond donors (Lipinski definition) is 2. The van der Waals surface area contributed by atoms with E-state index in [9.17, 15) is 4.39 Å². The van der Waals surface area contributed by atoms with Crippen molar-refractivity contribution >= 4 is 5.96 Å². The highest BCUT2D eigenvalue weighted by Gasteiger charge is 2.31. The first-order valence-electron chi connectivity index (χ1n) is 8.76. The van der Waals surface area contributed by atoms with Crippen molar-refractivity contribution in [2.75, 3.05) is 6.61 Å². The zero-order valence-electron chi connectivity index (χ0n) is 14.0. The smallest absolute Gasteiger partial charge is 0.189 e. The maximum Gasteiger partial charge on any atom is 0.189 e. The molecule has 130 valence electrons. The molecule has 1 atom stereocenters. The Bertz CT molecular complexity index is 769. The van der Waals surface area contributed by atoms with E-state index in [0.29, 0.717) is 24.5 Å².